The summed E-state index contributed by atoms with van der Waals surface area (Å²) in [4.78, 5) is 3.71. The van der Waals surface area contributed by atoms with E-state index in [-0.39, 0.29) is 18.2 Å². The van der Waals surface area contributed by atoms with Crippen LogP contribution in [0.25, 0.3) is 0 Å². The number of hydrogen-bond donors (Lipinski definition) is 2. The van der Waals surface area contributed by atoms with E-state index in [0.29, 0.717) is 6.07 Å². The summed E-state index contributed by atoms with van der Waals surface area (Å²) < 4.78 is 48.6. The Morgan fingerprint density at radius 2 is 1.79 bits per heavy atom. The first kappa shape index (κ1) is 15.6. The molecule has 19 heavy (non-hydrogen) atoms. The molecule has 1 rings (SSSR count). The zero-order chi connectivity index (χ0) is 14.8. The first-order valence-electron chi connectivity index (χ1n) is 5.56. The second kappa shape index (κ2) is 5.28. The molecule has 0 aliphatic heterocycles. The molecule has 5 nitrogen and oxygen atoms in total. The van der Waals surface area contributed by atoms with Crippen molar-refractivity contribution >= 4 is 21.5 Å². The molecule has 0 aliphatic rings. The Morgan fingerprint density at radius 3 is 2.26 bits per heavy atom. The van der Waals surface area contributed by atoms with E-state index in [2.05, 4.69) is 15.6 Å². The van der Waals surface area contributed by atoms with Crippen molar-refractivity contribution in [2.75, 3.05) is 30.5 Å². The van der Waals surface area contributed by atoms with Crippen LogP contribution in [0.1, 0.15) is 13.8 Å². The molecule has 0 aliphatic carbocycles. The predicted molar refractivity (Wildman–Crippen MR) is 71.1 cm³/mol. The minimum absolute atomic E-state index is 0.0372. The summed E-state index contributed by atoms with van der Waals surface area (Å²) in [6, 6.07) is 0.689. The summed E-state index contributed by atoms with van der Waals surface area (Å²) in [6.45, 7) is 2.98. The zero-order valence-corrected chi connectivity index (χ0v) is 12.0. The molecule has 1 aromatic heterocycles. The van der Waals surface area contributed by atoms with Crippen molar-refractivity contribution in [1.29, 1.82) is 0 Å². The fourth-order valence-electron chi connectivity index (χ4n) is 1.19. The molecular weight excluding hydrogens is 276 g/mol. The minimum Gasteiger partial charge on any atom is -0.371 e. The number of sulfone groups is 1. The van der Waals surface area contributed by atoms with E-state index in [1.165, 1.54) is 20.9 Å². The number of nitrogens with zero attached hydrogens (tertiary/aromatic N) is 1. The summed E-state index contributed by atoms with van der Waals surface area (Å²) >= 11 is 0. The number of rotatable bonds is 5. The maximum absolute atomic E-state index is 13.5. The Kier molecular flexibility index (Phi) is 4.34. The highest BCUT2D eigenvalue weighted by atomic mass is 32.2. The second-order valence-corrected chi connectivity index (χ2v) is 7.43. The standard InChI is InChI=1S/C11H17F2N3O2S/c1-11(2,19(4,17)18)6-15-10-8(13)5-7(12)9(14-3)16-10/h5H,6H2,1-4H3,(H2,14,15,16). The Bertz CT molecular complexity index is 574. The first-order chi connectivity index (χ1) is 8.58. The molecule has 0 bridgehead atoms. The van der Waals surface area contributed by atoms with Crippen LogP contribution in [-0.4, -0.2) is 38.0 Å². The topological polar surface area (TPSA) is 71.1 Å². The van der Waals surface area contributed by atoms with E-state index in [9.17, 15) is 17.2 Å². The lowest BCUT2D eigenvalue weighted by atomic mass is 10.2. The number of nitrogens with one attached hydrogen (secondary N) is 2. The molecule has 0 fully saturated rings. The smallest absolute Gasteiger partial charge is 0.168 e. The third-order valence-corrected chi connectivity index (χ3v) is 5.00. The van der Waals surface area contributed by atoms with E-state index in [0.717, 1.165) is 6.26 Å². The maximum atomic E-state index is 13.5. The van der Waals surface area contributed by atoms with Crippen LogP contribution in [-0.2, 0) is 9.84 Å². The van der Waals surface area contributed by atoms with Gasteiger partial charge in [-0.1, -0.05) is 0 Å². The number of pyridine rings is 1. The van der Waals surface area contributed by atoms with Gasteiger partial charge in [0.15, 0.2) is 33.1 Å². The highest BCUT2D eigenvalue weighted by Gasteiger charge is 2.30. The molecule has 0 atom stereocenters. The van der Waals surface area contributed by atoms with E-state index in [1.807, 2.05) is 0 Å². The molecule has 8 heteroatoms. The Labute approximate surface area is 111 Å². The molecule has 0 aromatic carbocycles. The van der Waals surface area contributed by atoms with E-state index >= 15 is 0 Å². The summed E-state index contributed by atoms with van der Waals surface area (Å²) in [5, 5.41) is 5.07. The molecule has 0 saturated heterocycles. The average molecular weight is 293 g/mol. The van der Waals surface area contributed by atoms with Gasteiger partial charge in [-0.2, -0.15) is 0 Å². The molecule has 0 radical (unpaired) electrons. The highest BCUT2D eigenvalue weighted by Crippen LogP contribution is 2.21. The molecule has 0 unspecified atom stereocenters. The van der Waals surface area contributed by atoms with Gasteiger partial charge in [-0.25, -0.2) is 22.2 Å². The van der Waals surface area contributed by atoms with Crippen LogP contribution < -0.4 is 10.6 Å². The summed E-state index contributed by atoms with van der Waals surface area (Å²) in [7, 11) is -1.86. The third-order valence-electron chi connectivity index (χ3n) is 2.85. The van der Waals surface area contributed by atoms with Crippen LogP contribution in [0.2, 0.25) is 0 Å². The van der Waals surface area contributed by atoms with Gasteiger partial charge in [-0.05, 0) is 13.8 Å². The number of anilines is 2. The van der Waals surface area contributed by atoms with Gasteiger partial charge in [-0.15, -0.1) is 0 Å². The molecule has 0 amide bonds. The number of hydrogen-bond acceptors (Lipinski definition) is 5. The number of halogens is 2. The van der Waals surface area contributed by atoms with Crippen molar-refractivity contribution in [1.82, 2.24) is 4.98 Å². The van der Waals surface area contributed by atoms with Crippen LogP contribution in [0.3, 0.4) is 0 Å². The van der Waals surface area contributed by atoms with Crippen molar-refractivity contribution < 1.29 is 17.2 Å². The van der Waals surface area contributed by atoms with Gasteiger partial charge in [0.05, 0.1) is 4.75 Å². The minimum atomic E-state index is -3.31. The van der Waals surface area contributed by atoms with Crippen LogP contribution in [0.5, 0.6) is 0 Å². The SMILES string of the molecule is CNc1nc(NCC(C)(C)S(C)(=O)=O)c(F)cc1F. The lowest BCUT2D eigenvalue weighted by Gasteiger charge is -2.23. The molecular formula is C11H17F2N3O2S. The monoisotopic (exact) mass is 293 g/mol. The average Bonchev–Trinajstić information content (AvgIpc) is 2.26. The molecule has 1 heterocycles. The quantitative estimate of drug-likeness (QED) is 0.863. The van der Waals surface area contributed by atoms with Crippen molar-refractivity contribution in [2.24, 2.45) is 0 Å². The highest BCUT2D eigenvalue weighted by molar-refractivity contribution is 7.92. The Morgan fingerprint density at radius 1 is 1.26 bits per heavy atom. The van der Waals surface area contributed by atoms with Gasteiger partial charge in [-0.3, -0.25) is 0 Å². The Balaban J connectivity index is 2.96. The van der Waals surface area contributed by atoms with Crippen LogP contribution in [0.4, 0.5) is 20.4 Å². The molecule has 108 valence electrons. The fraction of sp³-hybridized carbons (Fsp3) is 0.545. The summed E-state index contributed by atoms with van der Waals surface area (Å²) in [5.41, 5.74) is 0. The van der Waals surface area contributed by atoms with Crippen molar-refractivity contribution in [3.8, 4) is 0 Å². The van der Waals surface area contributed by atoms with E-state index < -0.39 is 26.2 Å². The van der Waals surface area contributed by atoms with Crippen molar-refractivity contribution in [3.63, 3.8) is 0 Å². The molecule has 0 saturated carbocycles. The first-order valence-corrected chi connectivity index (χ1v) is 7.45. The zero-order valence-electron chi connectivity index (χ0n) is 11.2. The Hall–Kier alpha value is -1.44. The maximum Gasteiger partial charge on any atom is 0.168 e. The molecule has 1 aromatic rings. The lowest BCUT2D eigenvalue weighted by Crippen LogP contribution is -2.38. The lowest BCUT2D eigenvalue weighted by molar-refractivity contribution is 0.555. The van der Waals surface area contributed by atoms with Gasteiger partial charge in [0.1, 0.15) is 0 Å². The van der Waals surface area contributed by atoms with Crippen molar-refractivity contribution in [3.05, 3.63) is 17.7 Å². The van der Waals surface area contributed by atoms with E-state index in [1.54, 1.807) is 0 Å². The summed E-state index contributed by atoms with van der Waals surface area (Å²) in [5.74, 6) is -1.99. The normalized spacial score (nSPS) is 12.3. The van der Waals surface area contributed by atoms with Gasteiger partial charge in [0.25, 0.3) is 0 Å². The van der Waals surface area contributed by atoms with Gasteiger partial charge >= 0.3 is 0 Å². The largest absolute Gasteiger partial charge is 0.371 e. The van der Waals surface area contributed by atoms with Gasteiger partial charge in [0.2, 0.25) is 0 Å². The van der Waals surface area contributed by atoms with Crippen LogP contribution in [0, 0.1) is 11.6 Å². The van der Waals surface area contributed by atoms with Crippen LogP contribution >= 0.6 is 0 Å². The fourth-order valence-corrected chi connectivity index (χ4v) is 1.53. The van der Waals surface area contributed by atoms with Crippen molar-refractivity contribution in [2.45, 2.75) is 18.6 Å². The molecule has 0 spiro atoms. The van der Waals surface area contributed by atoms with Crippen LogP contribution in [0.15, 0.2) is 6.07 Å². The van der Waals surface area contributed by atoms with Gasteiger partial charge in [0, 0.05) is 25.9 Å². The third kappa shape index (κ3) is 3.52. The number of aromatic nitrogens is 1. The van der Waals surface area contributed by atoms with E-state index in [4.69, 9.17) is 0 Å². The summed E-state index contributed by atoms with van der Waals surface area (Å²) in [6.07, 6.45) is 1.10. The second-order valence-electron chi connectivity index (χ2n) is 4.78. The predicted octanol–water partition coefficient (Wildman–Crippen LogP) is 1.64. The molecule has 2 N–H and O–H groups in total. The van der Waals surface area contributed by atoms with Gasteiger partial charge < -0.3 is 10.6 Å².